The number of amides is 1. The lowest BCUT2D eigenvalue weighted by Crippen LogP contribution is -2.08. The van der Waals surface area contributed by atoms with Crippen LogP contribution < -0.4 is 14.8 Å². The number of benzene rings is 2. The molecule has 8 heteroatoms. The monoisotopic (exact) mass is 418 g/mol. The largest absolute Gasteiger partial charge is 0.490 e. The van der Waals surface area contributed by atoms with Gasteiger partial charge in [-0.05, 0) is 42.8 Å². The van der Waals surface area contributed by atoms with Gasteiger partial charge in [-0.1, -0.05) is 18.2 Å². The highest BCUT2D eigenvalue weighted by Gasteiger charge is 2.11. The van der Waals surface area contributed by atoms with Gasteiger partial charge in [0.15, 0.2) is 11.5 Å². The maximum Gasteiger partial charge on any atom is 0.387 e. The van der Waals surface area contributed by atoms with Crippen LogP contribution >= 0.6 is 11.8 Å². The van der Waals surface area contributed by atoms with Crippen LogP contribution in [-0.2, 0) is 4.79 Å². The molecule has 1 amide bonds. The molecule has 0 aliphatic carbocycles. The lowest BCUT2D eigenvalue weighted by Gasteiger charge is -2.11. The molecule has 0 atom stereocenters. The van der Waals surface area contributed by atoms with Crippen LogP contribution in [0.3, 0.4) is 0 Å². The van der Waals surface area contributed by atoms with E-state index in [4.69, 9.17) is 10.00 Å². The number of ether oxygens (including phenoxy) is 2. The van der Waals surface area contributed by atoms with Gasteiger partial charge in [0.25, 0.3) is 0 Å². The number of hydrogen-bond acceptors (Lipinski definition) is 5. The topological polar surface area (TPSA) is 71.3 Å². The number of nitrogens with zero attached hydrogens (tertiary/aromatic N) is 1. The third-order valence-electron chi connectivity index (χ3n) is 3.53. The van der Waals surface area contributed by atoms with E-state index in [1.165, 1.54) is 30.0 Å². The van der Waals surface area contributed by atoms with Gasteiger partial charge < -0.3 is 14.8 Å². The number of anilines is 1. The average Bonchev–Trinajstić information content (AvgIpc) is 2.69. The van der Waals surface area contributed by atoms with Crippen molar-refractivity contribution >= 4 is 29.4 Å². The van der Waals surface area contributed by atoms with E-state index >= 15 is 0 Å². The fourth-order valence-electron chi connectivity index (χ4n) is 2.34. The summed E-state index contributed by atoms with van der Waals surface area (Å²) in [5, 5.41) is 11.5. The van der Waals surface area contributed by atoms with Gasteiger partial charge in [0.05, 0.1) is 18.4 Å². The Morgan fingerprint density at radius 2 is 2.07 bits per heavy atom. The van der Waals surface area contributed by atoms with Gasteiger partial charge in [-0.25, -0.2) is 0 Å². The molecule has 2 aromatic carbocycles. The molecule has 29 heavy (non-hydrogen) atoms. The minimum absolute atomic E-state index is 0.0632. The second-order valence-electron chi connectivity index (χ2n) is 5.59. The molecule has 0 saturated carbocycles. The Labute approximate surface area is 172 Å². The summed E-state index contributed by atoms with van der Waals surface area (Å²) in [6.07, 6.45) is 3.31. The molecule has 0 bridgehead atoms. The molecule has 152 valence electrons. The molecule has 2 aromatic rings. The summed E-state index contributed by atoms with van der Waals surface area (Å²) in [6, 6.07) is 13.9. The van der Waals surface area contributed by atoms with Gasteiger partial charge >= 0.3 is 6.61 Å². The van der Waals surface area contributed by atoms with Crippen molar-refractivity contribution in [2.24, 2.45) is 0 Å². The Kier molecular flexibility index (Phi) is 8.99. The van der Waals surface area contributed by atoms with E-state index in [1.54, 1.807) is 25.1 Å². The maximum atomic E-state index is 12.5. The number of alkyl halides is 2. The second kappa shape index (κ2) is 11.7. The molecular weight excluding hydrogens is 398 g/mol. The summed E-state index contributed by atoms with van der Waals surface area (Å²) in [6.45, 7) is -0.936. The third-order valence-corrected chi connectivity index (χ3v) is 4.60. The Hall–Kier alpha value is -3.05. The molecular formula is C21H20F2N2O3S. The molecule has 0 aliphatic heterocycles. The molecule has 0 spiro atoms. The standard InChI is InChI=1S/C21H20F2N2O3S/c1-2-27-18-14-15(8-10-17(18)28-21(22)23)9-11-20(26)25-16-6-3-4-7-19(16)29-13-5-12-24/h3-4,6-11,14,21H,2,5,13H2,1H3,(H,25,26). The lowest BCUT2D eigenvalue weighted by atomic mass is 10.2. The number of halogens is 2. The number of carbonyl (C=O) groups excluding carboxylic acids is 1. The normalized spacial score (nSPS) is 10.7. The van der Waals surface area contributed by atoms with E-state index in [9.17, 15) is 13.6 Å². The molecule has 0 aliphatic rings. The highest BCUT2D eigenvalue weighted by Crippen LogP contribution is 2.30. The van der Waals surface area contributed by atoms with Crippen LogP contribution in [0.15, 0.2) is 53.4 Å². The van der Waals surface area contributed by atoms with Gasteiger partial charge in [-0.15, -0.1) is 11.8 Å². The Balaban J connectivity index is 2.07. The fraction of sp³-hybridized carbons (Fsp3) is 0.238. The summed E-state index contributed by atoms with van der Waals surface area (Å²) >= 11 is 1.49. The van der Waals surface area contributed by atoms with Crippen molar-refractivity contribution < 1.29 is 23.0 Å². The van der Waals surface area contributed by atoms with Crippen molar-refractivity contribution in [2.75, 3.05) is 17.7 Å². The zero-order valence-electron chi connectivity index (χ0n) is 15.7. The van der Waals surface area contributed by atoms with Crippen molar-refractivity contribution in [3.05, 3.63) is 54.1 Å². The van der Waals surface area contributed by atoms with Crippen LogP contribution in [0.2, 0.25) is 0 Å². The van der Waals surface area contributed by atoms with Crippen LogP contribution in [0.1, 0.15) is 18.9 Å². The first kappa shape index (κ1) is 22.2. The highest BCUT2D eigenvalue weighted by molar-refractivity contribution is 7.99. The number of nitrogens with one attached hydrogen (secondary N) is 1. The van der Waals surface area contributed by atoms with E-state index in [0.717, 1.165) is 4.90 Å². The maximum absolute atomic E-state index is 12.5. The van der Waals surface area contributed by atoms with E-state index in [2.05, 4.69) is 16.1 Å². The summed E-state index contributed by atoms with van der Waals surface area (Å²) in [4.78, 5) is 13.1. The third kappa shape index (κ3) is 7.47. The summed E-state index contributed by atoms with van der Waals surface area (Å²) < 4.78 is 34.7. The van der Waals surface area contributed by atoms with Crippen LogP contribution in [0.25, 0.3) is 6.08 Å². The van der Waals surface area contributed by atoms with Crippen LogP contribution in [0, 0.1) is 11.3 Å². The minimum atomic E-state index is -2.95. The quantitative estimate of drug-likeness (QED) is 0.320. The predicted octanol–water partition coefficient (Wildman–Crippen LogP) is 5.34. The van der Waals surface area contributed by atoms with Crippen LogP contribution in [0.5, 0.6) is 11.5 Å². The van der Waals surface area contributed by atoms with Gasteiger partial charge in [-0.3, -0.25) is 4.79 Å². The number of carbonyl (C=O) groups is 1. The first-order chi connectivity index (χ1) is 14.0. The van der Waals surface area contributed by atoms with Gasteiger partial charge in [-0.2, -0.15) is 14.0 Å². The SMILES string of the molecule is CCOc1cc(C=CC(=O)Nc2ccccc2SCCC#N)ccc1OC(F)F. The zero-order chi connectivity index (χ0) is 21.1. The van der Waals surface area contributed by atoms with E-state index in [-0.39, 0.29) is 24.0 Å². The average molecular weight is 418 g/mol. The van der Waals surface area contributed by atoms with Crippen LogP contribution in [0.4, 0.5) is 14.5 Å². The minimum Gasteiger partial charge on any atom is -0.490 e. The van der Waals surface area contributed by atoms with Crippen LogP contribution in [-0.4, -0.2) is 24.9 Å². The molecule has 0 radical (unpaired) electrons. The Bertz CT molecular complexity index is 898. The van der Waals surface area contributed by atoms with Crippen molar-refractivity contribution in [2.45, 2.75) is 24.9 Å². The molecule has 1 N–H and O–H groups in total. The van der Waals surface area contributed by atoms with Crippen molar-refractivity contribution in [1.82, 2.24) is 0 Å². The molecule has 2 rings (SSSR count). The Morgan fingerprint density at radius 3 is 2.79 bits per heavy atom. The predicted molar refractivity (Wildman–Crippen MR) is 109 cm³/mol. The molecule has 0 aromatic heterocycles. The van der Waals surface area contributed by atoms with E-state index in [1.807, 2.05) is 18.2 Å². The first-order valence-corrected chi connectivity index (χ1v) is 9.81. The first-order valence-electron chi connectivity index (χ1n) is 8.83. The van der Waals surface area contributed by atoms with E-state index < -0.39 is 6.61 Å². The second-order valence-corrected chi connectivity index (χ2v) is 6.73. The Morgan fingerprint density at radius 1 is 1.28 bits per heavy atom. The van der Waals surface area contributed by atoms with Crippen molar-refractivity contribution in [1.29, 1.82) is 5.26 Å². The smallest absolute Gasteiger partial charge is 0.387 e. The van der Waals surface area contributed by atoms with Gasteiger partial charge in [0.2, 0.25) is 5.91 Å². The summed E-state index contributed by atoms with van der Waals surface area (Å²) in [7, 11) is 0. The number of para-hydroxylation sites is 1. The van der Waals surface area contributed by atoms with Gasteiger partial charge in [0.1, 0.15) is 0 Å². The number of nitriles is 1. The zero-order valence-corrected chi connectivity index (χ0v) is 16.5. The number of thioether (sulfide) groups is 1. The van der Waals surface area contributed by atoms with Crippen molar-refractivity contribution in [3.63, 3.8) is 0 Å². The molecule has 0 saturated heterocycles. The molecule has 0 heterocycles. The number of hydrogen-bond donors (Lipinski definition) is 1. The molecule has 0 unspecified atom stereocenters. The number of rotatable bonds is 10. The fourth-order valence-corrected chi connectivity index (χ4v) is 3.20. The van der Waals surface area contributed by atoms with E-state index in [0.29, 0.717) is 23.4 Å². The van der Waals surface area contributed by atoms with Gasteiger partial charge in [0, 0.05) is 23.1 Å². The van der Waals surface area contributed by atoms with Crippen molar-refractivity contribution in [3.8, 4) is 17.6 Å². The summed E-state index contributed by atoms with van der Waals surface area (Å²) in [5.41, 5.74) is 1.25. The molecule has 0 fully saturated rings. The molecule has 5 nitrogen and oxygen atoms in total. The lowest BCUT2D eigenvalue weighted by molar-refractivity contribution is -0.111. The summed E-state index contributed by atoms with van der Waals surface area (Å²) in [5.74, 6) is 0.400. The highest BCUT2D eigenvalue weighted by atomic mass is 32.2.